The summed E-state index contributed by atoms with van der Waals surface area (Å²) in [6.45, 7) is 5.72. The van der Waals surface area contributed by atoms with Crippen LogP contribution in [-0.4, -0.2) is 30.1 Å². The molecule has 0 saturated heterocycles. The molecule has 0 unspecified atom stereocenters. The Morgan fingerprint density at radius 2 is 2.03 bits per heavy atom. The Balaban J connectivity index is 1.61. The lowest BCUT2D eigenvalue weighted by molar-refractivity contribution is 0.0466. The van der Waals surface area contributed by atoms with Gasteiger partial charge in [0.25, 0.3) is 5.56 Å². The summed E-state index contributed by atoms with van der Waals surface area (Å²) < 4.78 is 8.59. The van der Waals surface area contributed by atoms with E-state index in [0.29, 0.717) is 28.4 Å². The first-order chi connectivity index (χ1) is 14.5. The largest absolute Gasteiger partial charge is 0.455 e. The fourth-order valence-corrected chi connectivity index (χ4v) is 3.33. The second-order valence-corrected chi connectivity index (χ2v) is 7.24. The molecule has 0 atom stereocenters. The summed E-state index contributed by atoms with van der Waals surface area (Å²) in [6, 6.07) is 10.5. The lowest BCUT2D eigenvalue weighted by Crippen LogP contribution is -2.17. The van der Waals surface area contributed by atoms with Crippen LogP contribution in [0.25, 0.3) is 11.5 Å². The molecule has 0 aliphatic heterocycles. The fraction of sp³-hybridized carbons (Fsp3) is 0.227. The maximum Gasteiger partial charge on any atom is 0.342 e. The molecule has 0 bridgehead atoms. The Morgan fingerprint density at radius 3 is 2.77 bits per heavy atom. The van der Waals surface area contributed by atoms with Crippen molar-refractivity contribution in [2.45, 2.75) is 33.3 Å². The van der Waals surface area contributed by atoms with Crippen molar-refractivity contribution in [2.24, 2.45) is 0 Å². The number of esters is 1. The Kier molecular flexibility index (Phi) is 5.14. The van der Waals surface area contributed by atoms with Crippen LogP contribution < -0.4 is 5.56 Å². The first kappa shape index (κ1) is 19.5. The van der Waals surface area contributed by atoms with Crippen LogP contribution in [0.5, 0.6) is 0 Å². The van der Waals surface area contributed by atoms with E-state index in [-0.39, 0.29) is 18.1 Å². The van der Waals surface area contributed by atoms with Crippen LogP contribution in [0.15, 0.2) is 59.8 Å². The van der Waals surface area contributed by atoms with Crippen molar-refractivity contribution in [1.29, 1.82) is 0 Å². The lowest BCUT2D eigenvalue weighted by atomic mass is 10.1. The van der Waals surface area contributed by atoms with Crippen molar-refractivity contribution in [3.8, 4) is 5.82 Å². The maximum atomic E-state index is 12.8. The molecule has 4 aromatic rings. The predicted octanol–water partition coefficient (Wildman–Crippen LogP) is 3.06. The van der Waals surface area contributed by atoms with Crippen molar-refractivity contribution >= 4 is 11.6 Å². The summed E-state index contributed by atoms with van der Waals surface area (Å²) in [5.41, 5.74) is 2.65. The second kappa shape index (κ2) is 7.90. The molecule has 0 aliphatic carbocycles. The number of nitrogens with zero attached hydrogens (tertiary/aromatic N) is 5. The lowest BCUT2D eigenvalue weighted by Gasteiger charge is -2.12. The minimum absolute atomic E-state index is 0.0168. The minimum atomic E-state index is -0.521. The fourth-order valence-electron chi connectivity index (χ4n) is 3.33. The van der Waals surface area contributed by atoms with Crippen molar-refractivity contribution in [3.63, 3.8) is 0 Å². The number of pyridine rings is 2. The molecule has 4 rings (SSSR count). The average molecular weight is 403 g/mol. The van der Waals surface area contributed by atoms with Crippen LogP contribution in [0.4, 0.5) is 0 Å². The number of rotatable bonds is 5. The van der Waals surface area contributed by atoms with Gasteiger partial charge in [-0.05, 0) is 36.6 Å². The van der Waals surface area contributed by atoms with Gasteiger partial charge < -0.3 is 4.74 Å². The van der Waals surface area contributed by atoms with Crippen molar-refractivity contribution < 1.29 is 9.53 Å². The quantitative estimate of drug-likeness (QED) is 0.476. The van der Waals surface area contributed by atoms with Gasteiger partial charge in [0.05, 0.1) is 17.6 Å². The number of fused-ring (bicyclic) bond motifs is 1. The molecule has 4 heterocycles. The maximum absolute atomic E-state index is 12.8. The highest BCUT2D eigenvalue weighted by atomic mass is 16.5. The van der Waals surface area contributed by atoms with Crippen molar-refractivity contribution in [2.75, 3.05) is 0 Å². The molecule has 0 radical (unpaired) electrons. The van der Waals surface area contributed by atoms with Crippen LogP contribution in [0.3, 0.4) is 0 Å². The number of hydrogen-bond acceptors (Lipinski definition) is 6. The van der Waals surface area contributed by atoms with Gasteiger partial charge in [-0.15, -0.1) is 0 Å². The highest BCUT2D eigenvalue weighted by Gasteiger charge is 2.22. The van der Waals surface area contributed by atoms with E-state index in [2.05, 4.69) is 15.1 Å². The Morgan fingerprint density at radius 1 is 1.20 bits per heavy atom. The molecule has 4 aromatic heterocycles. The van der Waals surface area contributed by atoms with Gasteiger partial charge in [0.2, 0.25) is 0 Å². The van der Waals surface area contributed by atoms with Crippen molar-refractivity contribution in [1.82, 2.24) is 24.1 Å². The Labute approximate surface area is 172 Å². The van der Waals surface area contributed by atoms with Gasteiger partial charge in [-0.25, -0.2) is 19.4 Å². The SMILES string of the molecule is Cc1cccn2c(=O)cc(COC(=O)c3cnn(-c4ccccn4)c3C(C)C)nc12. The third-order valence-corrected chi connectivity index (χ3v) is 4.73. The molecule has 0 N–H and O–H groups in total. The zero-order valence-corrected chi connectivity index (χ0v) is 16.9. The predicted molar refractivity (Wildman–Crippen MR) is 111 cm³/mol. The normalized spacial score (nSPS) is 11.2. The standard InChI is InChI=1S/C22H21N5O3/c1-14(2)20-17(12-24-27(20)18-8-4-5-9-23-18)22(29)30-13-16-11-19(28)26-10-6-7-15(3)21(26)25-16/h4-12,14H,13H2,1-3H3. The number of carbonyl (C=O) groups excluding carboxylic acids is 1. The Bertz CT molecular complexity index is 1280. The van der Waals surface area contributed by atoms with Crippen LogP contribution >= 0.6 is 0 Å². The average Bonchev–Trinajstić information content (AvgIpc) is 3.19. The van der Waals surface area contributed by atoms with Gasteiger partial charge in [-0.3, -0.25) is 9.20 Å². The summed E-state index contributed by atoms with van der Waals surface area (Å²) in [4.78, 5) is 33.9. The zero-order valence-electron chi connectivity index (χ0n) is 16.9. The van der Waals surface area contributed by atoms with Crippen LogP contribution in [0.1, 0.15) is 47.1 Å². The number of aryl methyl sites for hydroxylation is 1. The second-order valence-electron chi connectivity index (χ2n) is 7.24. The van der Waals surface area contributed by atoms with E-state index in [0.717, 1.165) is 5.56 Å². The van der Waals surface area contributed by atoms with Crippen LogP contribution in [0.2, 0.25) is 0 Å². The van der Waals surface area contributed by atoms with E-state index >= 15 is 0 Å². The summed E-state index contributed by atoms with van der Waals surface area (Å²) in [6.07, 6.45) is 4.82. The number of ether oxygens (including phenoxy) is 1. The monoisotopic (exact) mass is 403 g/mol. The highest BCUT2D eigenvalue weighted by molar-refractivity contribution is 5.90. The summed E-state index contributed by atoms with van der Waals surface area (Å²) in [5, 5.41) is 4.33. The summed E-state index contributed by atoms with van der Waals surface area (Å²) in [5.74, 6) is 0.121. The molecule has 0 saturated carbocycles. The topological polar surface area (TPSA) is 91.4 Å². The molecule has 152 valence electrons. The molecular formula is C22H21N5O3. The van der Waals surface area contributed by atoms with Crippen LogP contribution in [0, 0.1) is 6.92 Å². The number of carbonyl (C=O) groups is 1. The molecule has 0 amide bonds. The highest BCUT2D eigenvalue weighted by Crippen LogP contribution is 2.23. The van der Waals surface area contributed by atoms with Gasteiger partial charge in [0.15, 0.2) is 5.82 Å². The smallest absolute Gasteiger partial charge is 0.342 e. The van der Waals surface area contributed by atoms with E-state index in [1.54, 1.807) is 23.1 Å². The third kappa shape index (κ3) is 3.59. The van der Waals surface area contributed by atoms with Gasteiger partial charge in [-0.2, -0.15) is 5.10 Å². The van der Waals surface area contributed by atoms with E-state index in [1.165, 1.54) is 16.7 Å². The number of aromatic nitrogens is 5. The van der Waals surface area contributed by atoms with Crippen molar-refractivity contribution in [3.05, 3.63) is 87.9 Å². The Hall–Kier alpha value is -3.81. The molecule has 0 spiro atoms. The molecule has 30 heavy (non-hydrogen) atoms. The van der Waals surface area contributed by atoms with Crippen LogP contribution in [-0.2, 0) is 11.3 Å². The van der Waals surface area contributed by atoms with E-state index < -0.39 is 5.97 Å². The zero-order chi connectivity index (χ0) is 21.3. The molecule has 8 heteroatoms. The molecule has 0 aromatic carbocycles. The molecule has 0 aliphatic rings. The van der Waals surface area contributed by atoms with E-state index in [4.69, 9.17) is 4.74 Å². The van der Waals surface area contributed by atoms with Gasteiger partial charge in [0.1, 0.15) is 17.8 Å². The first-order valence-electron chi connectivity index (χ1n) is 9.60. The van der Waals surface area contributed by atoms with Gasteiger partial charge >= 0.3 is 5.97 Å². The van der Waals surface area contributed by atoms with E-state index in [1.807, 2.05) is 45.0 Å². The summed E-state index contributed by atoms with van der Waals surface area (Å²) in [7, 11) is 0. The van der Waals surface area contributed by atoms with E-state index in [9.17, 15) is 9.59 Å². The number of hydrogen-bond donors (Lipinski definition) is 0. The summed E-state index contributed by atoms with van der Waals surface area (Å²) >= 11 is 0. The van der Waals surface area contributed by atoms with Gasteiger partial charge in [0, 0.05) is 18.5 Å². The van der Waals surface area contributed by atoms with Gasteiger partial charge in [-0.1, -0.05) is 26.0 Å². The third-order valence-electron chi connectivity index (χ3n) is 4.73. The molecular weight excluding hydrogens is 382 g/mol. The molecule has 8 nitrogen and oxygen atoms in total. The first-order valence-corrected chi connectivity index (χ1v) is 9.60. The molecule has 0 fully saturated rings. The minimum Gasteiger partial charge on any atom is -0.455 e.